The molecule has 5 nitrogen and oxygen atoms in total. The van der Waals surface area contributed by atoms with Crippen molar-refractivity contribution in [3.63, 3.8) is 0 Å². The lowest BCUT2D eigenvalue weighted by molar-refractivity contribution is 0.0708. The van der Waals surface area contributed by atoms with Gasteiger partial charge in [-0.1, -0.05) is 6.92 Å². The number of aromatic nitrogens is 1. The summed E-state index contributed by atoms with van der Waals surface area (Å²) in [5.41, 5.74) is 8.74. The number of nitrogens with two attached hydrogens (primary N) is 1. The van der Waals surface area contributed by atoms with Gasteiger partial charge in [0.15, 0.2) is 5.78 Å². The summed E-state index contributed by atoms with van der Waals surface area (Å²) in [5.74, 6) is -0.000309. The van der Waals surface area contributed by atoms with Gasteiger partial charge in [0, 0.05) is 30.4 Å². The number of likely N-dealkylation sites (tertiary alicyclic amines) is 1. The molecule has 1 fully saturated rings. The molecule has 118 valence electrons. The van der Waals surface area contributed by atoms with E-state index in [4.69, 9.17) is 5.73 Å². The number of rotatable bonds is 3. The minimum Gasteiger partial charge on any atom is -0.354 e. The fraction of sp³-hybridized carbons (Fsp3) is 0.600. The highest BCUT2D eigenvalue weighted by Gasteiger charge is 2.27. The minimum atomic E-state index is -0.00986. The van der Waals surface area contributed by atoms with Crippen molar-refractivity contribution in [3.05, 3.63) is 22.5 Å². The molecule has 0 spiro atoms. The van der Waals surface area contributed by atoms with Crippen LogP contribution in [-0.2, 0) is 6.42 Å². The number of piperidine rings is 1. The van der Waals surface area contributed by atoms with Crippen LogP contribution in [0.1, 0.15) is 58.8 Å². The smallest absolute Gasteiger partial charge is 0.270 e. The highest BCUT2D eigenvalue weighted by Crippen LogP contribution is 2.22. The van der Waals surface area contributed by atoms with Gasteiger partial charge in [0.2, 0.25) is 0 Å². The van der Waals surface area contributed by atoms with E-state index in [1.165, 1.54) is 0 Å². The number of nitrogens with one attached hydrogen (secondary N) is 1. The number of Topliss-reactive ketones (excluding diaryl/α,β-unsaturated/α-hetero) is 1. The second-order valence-corrected chi connectivity index (χ2v) is 5.52. The van der Waals surface area contributed by atoms with E-state index in [0.717, 1.165) is 24.1 Å². The van der Waals surface area contributed by atoms with E-state index in [1.54, 1.807) is 6.92 Å². The lowest BCUT2D eigenvalue weighted by atomic mass is 10.0. The summed E-state index contributed by atoms with van der Waals surface area (Å²) < 4.78 is 0. The van der Waals surface area contributed by atoms with Crippen LogP contribution in [0, 0.1) is 6.92 Å². The zero-order valence-corrected chi connectivity index (χ0v) is 13.7. The number of carbonyl (C=O) groups excluding carboxylic acids is 2. The molecule has 3 N–H and O–H groups in total. The highest BCUT2D eigenvalue weighted by molar-refractivity contribution is 6.02. The maximum absolute atomic E-state index is 12.6. The van der Waals surface area contributed by atoms with Crippen molar-refractivity contribution in [1.82, 2.24) is 9.88 Å². The molecule has 0 atom stereocenters. The molecule has 1 saturated heterocycles. The molecule has 1 aromatic heterocycles. The molecule has 2 heterocycles. The van der Waals surface area contributed by atoms with E-state index in [1.807, 2.05) is 18.7 Å². The first kappa shape index (κ1) is 17.7. The number of nitrogens with zero attached hydrogens (tertiary/aromatic N) is 1. The average molecular weight is 314 g/mol. The predicted octanol–water partition coefficient (Wildman–Crippen LogP) is 2.07. The van der Waals surface area contributed by atoms with Crippen molar-refractivity contribution in [2.45, 2.75) is 46.1 Å². The molecule has 0 unspecified atom stereocenters. The summed E-state index contributed by atoms with van der Waals surface area (Å²) in [6.07, 6.45) is 2.35. The Morgan fingerprint density at radius 2 is 1.90 bits per heavy atom. The van der Waals surface area contributed by atoms with E-state index >= 15 is 0 Å². The van der Waals surface area contributed by atoms with Gasteiger partial charge in [0.1, 0.15) is 5.69 Å². The highest BCUT2D eigenvalue weighted by atomic mass is 35.5. The van der Waals surface area contributed by atoms with Crippen LogP contribution in [-0.4, -0.2) is 40.7 Å². The van der Waals surface area contributed by atoms with Gasteiger partial charge in [-0.3, -0.25) is 9.59 Å². The lowest BCUT2D eigenvalue weighted by Gasteiger charge is -2.30. The van der Waals surface area contributed by atoms with Crippen LogP contribution in [0.3, 0.4) is 0 Å². The minimum absolute atomic E-state index is 0. The van der Waals surface area contributed by atoms with Gasteiger partial charge in [-0.15, -0.1) is 12.4 Å². The van der Waals surface area contributed by atoms with Gasteiger partial charge in [0.05, 0.1) is 0 Å². The van der Waals surface area contributed by atoms with Crippen LogP contribution < -0.4 is 5.73 Å². The van der Waals surface area contributed by atoms with Gasteiger partial charge in [-0.2, -0.15) is 0 Å². The zero-order valence-electron chi connectivity index (χ0n) is 12.9. The molecule has 0 saturated carbocycles. The Hall–Kier alpha value is -1.33. The topological polar surface area (TPSA) is 79.2 Å². The average Bonchev–Trinajstić information content (AvgIpc) is 2.75. The van der Waals surface area contributed by atoms with E-state index < -0.39 is 0 Å². The fourth-order valence-electron chi connectivity index (χ4n) is 2.95. The molecule has 21 heavy (non-hydrogen) atoms. The van der Waals surface area contributed by atoms with Crippen LogP contribution in [0.15, 0.2) is 0 Å². The summed E-state index contributed by atoms with van der Waals surface area (Å²) in [6, 6.07) is 0.197. The van der Waals surface area contributed by atoms with Crippen LogP contribution >= 0.6 is 12.4 Å². The molecular weight excluding hydrogens is 290 g/mol. The van der Waals surface area contributed by atoms with Crippen molar-refractivity contribution in [1.29, 1.82) is 0 Å². The number of aromatic amines is 1. The van der Waals surface area contributed by atoms with Crippen LogP contribution in [0.5, 0.6) is 0 Å². The first-order valence-corrected chi connectivity index (χ1v) is 7.22. The van der Waals surface area contributed by atoms with E-state index in [2.05, 4.69) is 4.98 Å². The Bertz CT molecular complexity index is 531. The molecule has 0 aromatic carbocycles. The number of H-pyrrole nitrogens is 1. The predicted molar refractivity (Wildman–Crippen MR) is 85.3 cm³/mol. The normalized spacial score (nSPS) is 15.7. The zero-order chi connectivity index (χ0) is 14.9. The molecule has 1 aliphatic rings. The largest absolute Gasteiger partial charge is 0.354 e. The molecule has 2 rings (SSSR count). The summed E-state index contributed by atoms with van der Waals surface area (Å²) in [7, 11) is 0. The van der Waals surface area contributed by atoms with Crippen LogP contribution in [0.4, 0.5) is 0 Å². The van der Waals surface area contributed by atoms with Crippen molar-refractivity contribution in [2.75, 3.05) is 13.1 Å². The number of aryl methyl sites for hydroxylation is 1. The second kappa shape index (κ2) is 7.09. The molecule has 1 amide bonds. The number of ketones is 1. The third-order valence-corrected chi connectivity index (χ3v) is 4.04. The van der Waals surface area contributed by atoms with Crippen molar-refractivity contribution >= 4 is 24.1 Å². The summed E-state index contributed by atoms with van der Waals surface area (Å²) in [6.45, 7) is 6.74. The quantitative estimate of drug-likeness (QED) is 0.838. The molecular formula is C15H24ClN3O2. The van der Waals surface area contributed by atoms with Crippen molar-refractivity contribution in [3.8, 4) is 0 Å². The number of carbonyl (C=O) groups is 2. The molecule has 0 radical (unpaired) electrons. The standard InChI is InChI=1S/C15H23N3O2.ClH/c1-4-12-13(10(3)19)9(2)17-14(12)15(20)18-7-5-11(16)6-8-18;/h11,17H,4-8,16H2,1-3H3;1H. The first-order chi connectivity index (χ1) is 9.45. The first-order valence-electron chi connectivity index (χ1n) is 7.22. The Balaban J connectivity index is 0.00000220. The Labute approximate surface area is 131 Å². The van der Waals surface area contributed by atoms with Gasteiger partial charge in [0.25, 0.3) is 5.91 Å². The molecule has 6 heteroatoms. The third kappa shape index (κ3) is 3.47. The third-order valence-electron chi connectivity index (χ3n) is 4.04. The summed E-state index contributed by atoms with van der Waals surface area (Å²) >= 11 is 0. The van der Waals surface area contributed by atoms with E-state index in [-0.39, 0.29) is 30.1 Å². The molecule has 0 aliphatic carbocycles. The number of amides is 1. The van der Waals surface area contributed by atoms with Crippen molar-refractivity contribution < 1.29 is 9.59 Å². The molecule has 1 aromatic rings. The van der Waals surface area contributed by atoms with Crippen LogP contribution in [0.2, 0.25) is 0 Å². The molecule has 1 aliphatic heterocycles. The summed E-state index contributed by atoms with van der Waals surface area (Å²) in [4.78, 5) is 29.3. The van der Waals surface area contributed by atoms with Gasteiger partial charge in [-0.25, -0.2) is 0 Å². The molecule has 0 bridgehead atoms. The Morgan fingerprint density at radius 3 is 2.38 bits per heavy atom. The fourth-order valence-corrected chi connectivity index (χ4v) is 2.95. The Morgan fingerprint density at radius 1 is 1.33 bits per heavy atom. The van der Waals surface area contributed by atoms with E-state index in [0.29, 0.717) is 30.8 Å². The monoisotopic (exact) mass is 313 g/mol. The number of hydrogen-bond donors (Lipinski definition) is 2. The van der Waals surface area contributed by atoms with Gasteiger partial charge in [-0.05, 0) is 38.7 Å². The van der Waals surface area contributed by atoms with E-state index in [9.17, 15) is 9.59 Å². The van der Waals surface area contributed by atoms with Crippen LogP contribution in [0.25, 0.3) is 0 Å². The van der Waals surface area contributed by atoms with Gasteiger partial charge < -0.3 is 15.6 Å². The number of hydrogen-bond acceptors (Lipinski definition) is 3. The maximum Gasteiger partial charge on any atom is 0.270 e. The number of halogens is 1. The SMILES string of the molecule is CCc1c(C(=O)N2CCC(N)CC2)[nH]c(C)c1C(C)=O.Cl. The maximum atomic E-state index is 12.6. The summed E-state index contributed by atoms with van der Waals surface area (Å²) in [5, 5.41) is 0. The lowest BCUT2D eigenvalue weighted by Crippen LogP contribution is -2.43. The second-order valence-electron chi connectivity index (χ2n) is 5.52. The van der Waals surface area contributed by atoms with Gasteiger partial charge >= 0.3 is 0 Å². The Kier molecular flexibility index (Phi) is 5.98. The van der Waals surface area contributed by atoms with Crippen molar-refractivity contribution in [2.24, 2.45) is 5.73 Å².